The average molecular weight is 396 g/mol. The van der Waals surface area contributed by atoms with Gasteiger partial charge in [0.2, 0.25) is 0 Å². The number of amides is 2. The Morgan fingerprint density at radius 2 is 1.97 bits per heavy atom. The lowest BCUT2D eigenvalue weighted by Gasteiger charge is -2.46. The van der Waals surface area contributed by atoms with Crippen LogP contribution in [0.4, 0.5) is 4.79 Å². The Balaban J connectivity index is 1.45. The summed E-state index contributed by atoms with van der Waals surface area (Å²) in [7, 11) is 1.88. The Kier molecular flexibility index (Phi) is 4.41. The lowest BCUT2D eigenvalue weighted by molar-refractivity contribution is 0.140. The fraction of sp³-hybridized carbons (Fsp3) is 0.545. The minimum atomic E-state index is -0.0202. The second kappa shape index (κ2) is 6.97. The van der Waals surface area contributed by atoms with Gasteiger partial charge in [0.05, 0.1) is 12.2 Å². The van der Waals surface area contributed by atoms with Gasteiger partial charge in [0.25, 0.3) is 0 Å². The molecule has 1 saturated carbocycles. The lowest BCUT2D eigenvalue weighted by atomic mass is 9.71. The Morgan fingerprint density at radius 1 is 1.24 bits per heavy atom. The van der Waals surface area contributed by atoms with Gasteiger partial charge in [0.1, 0.15) is 13.2 Å². The second-order valence-corrected chi connectivity index (χ2v) is 8.56. The van der Waals surface area contributed by atoms with E-state index in [1.54, 1.807) is 10.9 Å². The van der Waals surface area contributed by atoms with Gasteiger partial charge in [0.15, 0.2) is 11.5 Å². The normalized spacial score (nSPS) is 21.9. The van der Waals surface area contributed by atoms with E-state index in [-0.39, 0.29) is 17.5 Å². The molecule has 7 heteroatoms. The van der Waals surface area contributed by atoms with Crippen LogP contribution in [0.2, 0.25) is 0 Å². The van der Waals surface area contributed by atoms with Crippen LogP contribution >= 0.6 is 0 Å². The number of nitrogens with one attached hydrogen (secondary N) is 1. The first-order valence-corrected chi connectivity index (χ1v) is 10.5. The molecule has 1 fully saturated rings. The molecule has 7 nitrogen and oxygen atoms in total. The highest BCUT2D eigenvalue weighted by Crippen LogP contribution is 2.51. The number of ether oxygens (including phenoxy) is 2. The van der Waals surface area contributed by atoms with Crippen molar-refractivity contribution in [3.8, 4) is 11.5 Å². The SMILES string of the molecule is CC1c2cc3c(cc2C2(CCCC2)CN1C(=O)NCc1cnn(C)c1)OCCO3. The monoisotopic (exact) mass is 396 g/mol. The van der Waals surface area contributed by atoms with Crippen LogP contribution in [0.3, 0.4) is 0 Å². The average Bonchev–Trinajstić information content (AvgIpc) is 3.37. The molecule has 154 valence electrons. The first-order chi connectivity index (χ1) is 14.1. The van der Waals surface area contributed by atoms with Gasteiger partial charge in [-0.05, 0) is 43.0 Å². The largest absolute Gasteiger partial charge is 0.486 e. The highest BCUT2D eigenvalue weighted by molar-refractivity contribution is 5.76. The third-order valence-corrected chi connectivity index (χ3v) is 6.70. The summed E-state index contributed by atoms with van der Waals surface area (Å²) in [5, 5.41) is 7.27. The first-order valence-electron chi connectivity index (χ1n) is 10.5. The Labute approximate surface area is 171 Å². The summed E-state index contributed by atoms with van der Waals surface area (Å²) in [6, 6.07) is 4.26. The summed E-state index contributed by atoms with van der Waals surface area (Å²) >= 11 is 0. The molecule has 1 aliphatic carbocycles. The maximum atomic E-state index is 13.2. The summed E-state index contributed by atoms with van der Waals surface area (Å²) < 4.78 is 13.5. The molecular weight excluding hydrogens is 368 g/mol. The molecule has 1 spiro atoms. The quantitative estimate of drug-likeness (QED) is 0.846. The van der Waals surface area contributed by atoms with Gasteiger partial charge in [0, 0.05) is 37.3 Å². The molecule has 3 aliphatic rings. The number of hydrogen-bond acceptors (Lipinski definition) is 4. The first kappa shape index (κ1) is 18.3. The number of nitrogens with zero attached hydrogens (tertiary/aromatic N) is 3. The number of carbonyl (C=O) groups is 1. The van der Waals surface area contributed by atoms with Gasteiger partial charge < -0.3 is 19.7 Å². The van der Waals surface area contributed by atoms with E-state index in [9.17, 15) is 4.79 Å². The highest BCUT2D eigenvalue weighted by Gasteiger charge is 2.46. The number of rotatable bonds is 2. The van der Waals surface area contributed by atoms with Gasteiger partial charge in [-0.1, -0.05) is 12.8 Å². The van der Waals surface area contributed by atoms with Gasteiger partial charge in [-0.15, -0.1) is 0 Å². The topological polar surface area (TPSA) is 68.6 Å². The van der Waals surface area contributed by atoms with Crippen LogP contribution in [0.1, 0.15) is 55.3 Å². The fourth-order valence-electron chi connectivity index (χ4n) is 5.19. The molecule has 3 heterocycles. The highest BCUT2D eigenvalue weighted by atomic mass is 16.6. The van der Waals surface area contributed by atoms with Crippen molar-refractivity contribution in [2.75, 3.05) is 19.8 Å². The molecule has 2 aromatic rings. The Hall–Kier alpha value is -2.70. The molecule has 5 rings (SSSR count). The van der Waals surface area contributed by atoms with E-state index in [1.807, 2.05) is 18.1 Å². The van der Waals surface area contributed by atoms with Crippen LogP contribution < -0.4 is 14.8 Å². The zero-order valence-corrected chi connectivity index (χ0v) is 17.1. The Bertz CT molecular complexity index is 932. The molecule has 2 amide bonds. The van der Waals surface area contributed by atoms with Crippen LogP contribution in [0, 0.1) is 0 Å². The third-order valence-electron chi connectivity index (χ3n) is 6.70. The van der Waals surface area contributed by atoms with Gasteiger partial charge in [-0.2, -0.15) is 5.10 Å². The zero-order valence-electron chi connectivity index (χ0n) is 17.1. The summed E-state index contributed by atoms with van der Waals surface area (Å²) in [5.74, 6) is 1.65. The van der Waals surface area contributed by atoms with Crippen LogP contribution in [0.5, 0.6) is 11.5 Å². The standard InChI is InChI=1S/C22H28N4O3/c1-15-17-9-19-20(29-8-7-28-19)10-18(17)22(5-3-4-6-22)14-26(15)21(27)23-11-16-12-24-25(2)13-16/h9-10,12-13,15H,3-8,11,14H2,1-2H3,(H,23,27). The van der Waals surface area contributed by atoms with E-state index in [0.29, 0.717) is 19.8 Å². The fourth-order valence-corrected chi connectivity index (χ4v) is 5.19. The van der Waals surface area contributed by atoms with Crippen molar-refractivity contribution in [3.63, 3.8) is 0 Å². The molecule has 1 N–H and O–H groups in total. The number of urea groups is 1. The maximum Gasteiger partial charge on any atom is 0.318 e. The molecule has 1 aromatic heterocycles. The van der Waals surface area contributed by atoms with Crippen molar-refractivity contribution in [1.29, 1.82) is 0 Å². The Morgan fingerprint density at radius 3 is 2.66 bits per heavy atom. The van der Waals surface area contributed by atoms with Crippen molar-refractivity contribution >= 4 is 6.03 Å². The van der Waals surface area contributed by atoms with Crippen molar-refractivity contribution in [1.82, 2.24) is 20.0 Å². The second-order valence-electron chi connectivity index (χ2n) is 8.56. The molecule has 0 saturated heterocycles. The lowest BCUT2D eigenvalue weighted by Crippen LogP contribution is -2.51. The molecule has 0 bridgehead atoms. The molecule has 1 atom stereocenters. The number of aromatic nitrogens is 2. The minimum Gasteiger partial charge on any atom is -0.486 e. The van der Waals surface area contributed by atoms with Crippen molar-refractivity contribution in [3.05, 3.63) is 41.2 Å². The molecule has 2 aliphatic heterocycles. The van der Waals surface area contributed by atoms with Crippen molar-refractivity contribution in [2.45, 2.75) is 50.6 Å². The van der Waals surface area contributed by atoms with E-state index in [4.69, 9.17) is 9.47 Å². The molecular formula is C22H28N4O3. The predicted octanol–water partition coefficient (Wildman–Crippen LogP) is 3.29. The minimum absolute atomic E-state index is 0.0130. The third kappa shape index (κ3) is 3.12. The molecule has 1 aromatic carbocycles. The van der Waals surface area contributed by atoms with E-state index >= 15 is 0 Å². The van der Waals surface area contributed by atoms with Crippen molar-refractivity contribution in [2.24, 2.45) is 7.05 Å². The predicted molar refractivity (Wildman–Crippen MR) is 108 cm³/mol. The van der Waals surface area contributed by atoms with Gasteiger partial charge in [-0.25, -0.2) is 4.79 Å². The summed E-state index contributed by atoms with van der Waals surface area (Å²) in [6.45, 7) is 4.51. The molecule has 1 unspecified atom stereocenters. The summed E-state index contributed by atoms with van der Waals surface area (Å²) in [6.07, 6.45) is 8.34. The van der Waals surface area contributed by atoms with Crippen LogP contribution in [-0.4, -0.2) is 40.5 Å². The van der Waals surface area contributed by atoms with Crippen LogP contribution in [0.15, 0.2) is 24.5 Å². The van der Waals surface area contributed by atoms with E-state index in [2.05, 4.69) is 29.5 Å². The zero-order chi connectivity index (χ0) is 20.0. The van der Waals surface area contributed by atoms with Crippen molar-refractivity contribution < 1.29 is 14.3 Å². The van der Waals surface area contributed by atoms with E-state index < -0.39 is 0 Å². The number of hydrogen-bond donors (Lipinski definition) is 1. The van der Waals surface area contributed by atoms with Crippen LogP contribution in [0.25, 0.3) is 0 Å². The number of fused-ring (bicyclic) bond motifs is 3. The molecule has 0 radical (unpaired) electrons. The van der Waals surface area contributed by atoms with Gasteiger partial charge in [-0.3, -0.25) is 4.68 Å². The van der Waals surface area contributed by atoms with E-state index in [0.717, 1.165) is 36.4 Å². The summed E-state index contributed by atoms with van der Waals surface area (Å²) in [5.41, 5.74) is 3.56. The maximum absolute atomic E-state index is 13.2. The van der Waals surface area contributed by atoms with Gasteiger partial charge >= 0.3 is 6.03 Å². The number of aryl methyl sites for hydroxylation is 1. The van der Waals surface area contributed by atoms with Crippen LogP contribution in [-0.2, 0) is 19.0 Å². The smallest absolute Gasteiger partial charge is 0.318 e. The van der Waals surface area contributed by atoms with E-state index in [1.165, 1.54) is 24.0 Å². The summed E-state index contributed by atoms with van der Waals surface area (Å²) in [4.78, 5) is 15.2. The number of carbonyl (C=O) groups excluding carboxylic acids is 1. The number of benzene rings is 1. The molecule has 29 heavy (non-hydrogen) atoms.